The molecule has 0 fully saturated rings. The SMILES string of the molecule is CN(Cc1ccsc1)C(=O)COC(=O)c1ccc(N(C)C)c([N+](=O)[O-])c1. The van der Waals surface area contributed by atoms with Crippen LogP contribution in [0.5, 0.6) is 0 Å². The van der Waals surface area contributed by atoms with E-state index in [0.29, 0.717) is 12.2 Å². The van der Waals surface area contributed by atoms with Gasteiger partial charge >= 0.3 is 5.97 Å². The van der Waals surface area contributed by atoms with Gasteiger partial charge in [0.25, 0.3) is 11.6 Å². The van der Waals surface area contributed by atoms with Gasteiger partial charge in [0.2, 0.25) is 0 Å². The molecular formula is C17H19N3O5S. The first-order chi connectivity index (χ1) is 12.3. The average molecular weight is 377 g/mol. The molecule has 0 aliphatic heterocycles. The van der Waals surface area contributed by atoms with Crippen LogP contribution < -0.4 is 4.90 Å². The van der Waals surface area contributed by atoms with Crippen molar-refractivity contribution in [3.63, 3.8) is 0 Å². The summed E-state index contributed by atoms with van der Waals surface area (Å²) < 4.78 is 5.00. The van der Waals surface area contributed by atoms with E-state index in [2.05, 4.69) is 0 Å². The minimum Gasteiger partial charge on any atom is -0.452 e. The number of nitrogens with zero attached hydrogens (tertiary/aromatic N) is 3. The van der Waals surface area contributed by atoms with E-state index in [1.54, 1.807) is 26.0 Å². The monoisotopic (exact) mass is 377 g/mol. The van der Waals surface area contributed by atoms with Crippen LogP contribution in [0.25, 0.3) is 0 Å². The van der Waals surface area contributed by atoms with E-state index in [9.17, 15) is 19.7 Å². The smallest absolute Gasteiger partial charge is 0.338 e. The van der Waals surface area contributed by atoms with E-state index in [4.69, 9.17) is 4.74 Å². The summed E-state index contributed by atoms with van der Waals surface area (Å²) in [6.07, 6.45) is 0. The molecule has 0 aliphatic carbocycles. The molecule has 26 heavy (non-hydrogen) atoms. The first kappa shape index (κ1) is 19.4. The second-order valence-corrected chi connectivity index (χ2v) is 6.59. The van der Waals surface area contributed by atoms with Gasteiger partial charge < -0.3 is 14.5 Å². The van der Waals surface area contributed by atoms with Crippen molar-refractivity contribution in [3.8, 4) is 0 Å². The summed E-state index contributed by atoms with van der Waals surface area (Å²) in [7, 11) is 4.95. The summed E-state index contributed by atoms with van der Waals surface area (Å²) in [4.78, 5) is 37.8. The molecule has 8 nitrogen and oxygen atoms in total. The minimum atomic E-state index is -0.782. The molecule has 0 spiro atoms. The molecule has 9 heteroatoms. The van der Waals surface area contributed by atoms with E-state index < -0.39 is 17.5 Å². The predicted molar refractivity (Wildman–Crippen MR) is 98.5 cm³/mol. The van der Waals surface area contributed by atoms with Crippen molar-refractivity contribution in [2.24, 2.45) is 0 Å². The fourth-order valence-corrected chi connectivity index (χ4v) is 2.90. The van der Waals surface area contributed by atoms with Gasteiger partial charge in [0.05, 0.1) is 10.5 Å². The minimum absolute atomic E-state index is 0.0237. The summed E-state index contributed by atoms with van der Waals surface area (Å²) in [5, 5.41) is 15.0. The Morgan fingerprint density at radius 2 is 1.96 bits per heavy atom. The molecule has 1 amide bonds. The Labute approximate surface area is 154 Å². The number of carbonyl (C=O) groups is 2. The number of amides is 1. The van der Waals surface area contributed by atoms with E-state index >= 15 is 0 Å². The van der Waals surface area contributed by atoms with Gasteiger partial charge in [-0.2, -0.15) is 11.3 Å². The number of likely N-dealkylation sites (N-methyl/N-ethyl adjacent to an activating group) is 1. The number of carbonyl (C=O) groups excluding carboxylic acids is 2. The van der Waals surface area contributed by atoms with Crippen molar-refractivity contribution >= 4 is 34.6 Å². The number of thiophene rings is 1. The lowest BCUT2D eigenvalue weighted by Gasteiger charge is -2.16. The van der Waals surface area contributed by atoms with Gasteiger partial charge in [-0.25, -0.2) is 4.79 Å². The van der Waals surface area contributed by atoms with Crippen LogP contribution >= 0.6 is 11.3 Å². The molecule has 0 bridgehead atoms. The van der Waals surface area contributed by atoms with E-state index in [0.717, 1.165) is 11.6 Å². The van der Waals surface area contributed by atoms with Crippen LogP contribution in [0.1, 0.15) is 15.9 Å². The van der Waals surface area contributed by atoms with Crippen molar-refractivity contribution in [3.05, 3.63) is 56.3 Å². The number of anilines is 1. The number of hydrogen-bond donors (Lipinski definition) is 0. The summed E-state index contributed by atoms with van der Waals surface area (Å²) >= 11 is 1.53. The van der Waals surface area contributed by atoms with Crippen molar-refractivity contribution in [1.82, 2.24) is 4.90 Å². The van der Waals surface area contributed by atoms with Gasteiger partial charge in [-0.05, 0) is 34.5 Å². The molecule has 138 valence electrons. The highest BCUT2D eigenvalue weighted by molar-refractivity contribution is 7.07. The van der Waals surface area contributed by atoms with Gasteiger partial charge in [0.15, 0.2) is 6.61 Å². The lowest BCUT2D eigenvalue weighted by Crippen LogP contribution is -2.30. The topological polar surface area (TPSA) is 93.0 Å². The molecule has 0 saturated carbocycles. The average Bonchev–Trinajstić information content (AvgIpc) is 3.11. The molecule has 0 atom stereocenters. The number of ether oxygens (including phenoxy) is 1. The van der Waals surface area contributed by atoms with Gasteiger partial charge in [-0.1, -0.05) is 0 Å². The maximum absolute atomic E-state index is 12.1. The fraction of sp³-hybridized carbons (Fsp3) is 0.294. The molecule has 2 aromatic rings. The third-order valence-corrected chi connectivity index (χ3v) is 4.37. The highest BCUT2D eigenvalue weighted by atomic mass is 32.1. The number of nitro benzene ring substituents is 1. The molecule has 0 saturated heterocycles. The third kappa shape index (κ3) is 4.79. The number of hydrogen-bond acceptors (Lipinski definition) is 7. The summed E-state index contributed by atoms with van der Waals surface area (Å²) in [5.74, 6) is -1.14. The molecule has 1 aromatic carbocycles. The van der Waals surface area contributed by atoms with Crippen LogP contribution in [-0.2, 0) is 16.1 Å². The largest absolute Gasteiger partial charge is 0.452 e. The van der Waals surface area contributed by atoms with Crippen molar-refractivity contribution in [2.75, 3.05) is 32.6 Å². The molecular weight excluding hydrogens is 358 g/mol. The molecule has 0 N–H and O–H groups in total. The first-order valence-electron chi connectivity index (χ1n) is 7.67. The lowest BCUT2D eigenvalue weighted by molar-refractivity contribution is -0.384. The number of benzene rings is 1. The van der Waals surface area contributed by atoms with Gasteiger partial charge in [0.1, 0.15) is 5.69 Å². The maximum atomic E-state index is 12.1. The fourth-order valence-electron chi connectivity index (χ4n) is 2.24. The van der Waals surface area contributed by atoms with Gasteiger partial charge in [-0.3, -0.25) is 14.9 Å². The number of nitro groups is 1. The Morgan fingerprint density at radius 3 is 2.54 bits per heavy atom. The zero-order chi connectivity index (χ0) is 19.3. The first-order valence-corrected chi connectivity index (χ1v) is 8.61. The van der Waals surface area contributed by atoms with Gasteiger partial charge in [-0.15, -0.1) is 0 Å². The van der Waals surface area contributed by atoms with Crippen molar-refractivity contribution in [2.45, 2.75) is 6.54 Å². The van der Waals surface area contributed by atoms with Crippen LogP contribution in [0, 0.1) is 10.1 Å². The van der Waals surface area contributed by atoms with E-state index in [-0.39, 0.29) is 17.2 Å². The normalized spacial score (nSPS) is 10.3. The van der Waals surface area contributed by atoms with Gasteiger partial charge in [0, 0.05) is 33.8 Å². The highest BCUT2D eigenvalue weighted by Gasteiger charge is 2.20. The zero-order valence-electron chi connectivity index (χ0n) is 14.7. The quantitative estimate of drug-likeness (QED) is 0.418. The Balaban J connectivity index is 2.00. The molecule has 0 radical (unpaired) electrons. The maximum Gasteiger partial charge on any atom is 0.338 e. The molecule has 0 aliphatic rings. The van der Waals surface area contributed by atoms with Crippen LogP contribution in [-0.4, -0.2) is 49.4 Å². The Kier molecular flexibility index (Phi) is 6.29. The Hall–Kier alpha value is -2.94. The highest BCUT2D eigenvalue weighted by Crippen LogP contribution is 2.27. The molecule has 1 aromatic heterocycles. The second-order valence-electron chi connectivity index (χ2n) is 5.81. The zero-order valence-corrected chi connectivity index (χ0v) is 15.5. The third-order valence-electron chi connectivity index (χ3n) is 3.64. The molecule has 2 rings (SSSR count). The second kappa shape index (κ2) is 8.43. The van der Waals surface area contributed by atoms with E-state index in [1.165, 1.54) is 28.4 Å². The molecule has 1 heterocycles. The summed E-state index contributed by atoms with van der Waals surface area (Å²) in [6.45, 7) is -0.00835. The molecule has 0 unspecified atom stereocenters. The summed E-state index contributed by atoms with van der Waals surface area (Å²) in [5.41, 5.74) is 1.19. The number of rotatable bonds is 7. The lowest BCUT2D eigenvalue weighted by atomic mass is 10.1. The number of esters is 1. The Morgan fingerprint density at radius 1 is 1.23 bits per heavy atom. The van der Waals surface area contributed by atoms with Crippen LogP contribution in [0.15, 0.2) is 35.0 Å². The van der Waals surface area contributed by atoms with Crippen molar-refractivity contribution < 1.29 is 19.2 Å². The standard InChI is InChI=1S/C17H19N3O5S/c1-18(2)14-5-4-13(8-15(14)20(23)24)17(22)25-10-16(21)19(3)9-12-6-7-26-11-12/h4-8,11H,9-10H2,1-3H3. The predicted octanol–water partition coefficient (Wildman–Crippen LogP) is 2.54. The Bertz CT molecular complexity index is 805. The van der Waals surface area contributed by atoms with Crippen LogP contribution in [0.4, 0.5) is 11.4 Å². The van der Waals surface area contributed by atoms with E-state index in [1.807, 2.05) is 16.8 Å². The summed E-state index contributed by atoms with van der Waals surface area (Å²) in [6, 6.07) is 5.96. The van der Waals surface area contributed by atoms with Crippen molar-refractivity contribution in [1.29, 1.82) is 0 Å². The van der Waals surface area contributed by atoms with Crippen LogP contribution in [0.2, 0.25) is 0 Å². The van der Waals surface area contributed by atoms with Crippen LogP contribution in [0.3, 0.4) is 0 Å².